The number of nitrogens with one attached hydrogen (secondary N) is 1. The van der Waals surface area contributed by atoms with Crippen LogP contribution in [0.2, 0.25) is 0 Å². The van der Waals surface area contributed by atoms with Crippen LogP contribution < -0.4 is 11.3 Å². The average Bonchev–Trinajstić information content (AvgIpc) is 2.78. The fourth-order valence-electron chi connectivity index (χ4n) is 5.09. The Morgan fingerprint density at radius 1 is 1.10 bits per heavy atom. The van der Waals surface area contributed by atoms with Crippen LogP contribution in [0.5, 0.6) is 0 Å². The number of nitrogen functional groups attached to an aromatic ring is 1. The highest BCUT2D eigenvalue weighted by atomic mass is 15.4. The van der Waals surface area contributed by atoms with E-state index in [4.69, 9.17) is 5.84 Å². The first-order chi connectivity index (χ1) is 9.74. The van der Waals surface area contributed by atoms with E-state index in [0.29, 0.717) is 5.95 Å². The molecule has 5 nitrogen and oxygen atoms in total. The van der Waals surface area contributed by atoms with Gasteiger partial charge < -0.3 is 0 Å². The van der Waals surface area contributed by atoms with Crippen molar-refractivity contribution in [2.75, 3.05) is 5.43 Å². The number of nitrogens with zero attached hydrogens (tertiary/aromatic N) is 3. The maximum Gasteiger partial charge on any atom is 0.238 e. The maximum absolute atomic E-state index is 5.40. The summed E-state index contributed by atoms with van der Waals surface area (Å²) in [5.41, 5.74) is 2.56. The zero-order valence-electron chi connectivity index (χ0n) is 12.0. The van der Waals surface area contributed by atoms with Gasteiger partial charge in [-0.3, -0.25) is 9.99 Å². The van der Waals surface area contributed by atoms with Crippen molar-refractivity contribution in [3.05, 3.63) is 11.9 Å². The van der Waals surface area contributed by atoms with Crippen molar-refractivity contribution in [3.8, 4) is 0 Å². The molecule has 4 bridgehead atoms. The van der Waals surface area contributed by atoms with E-state index < -0.39 is 0 Å². The Labute approximate surface area is 119 Å². The van der Waals surface area contributed by atoms with Gasteiger partial charge in [0.2, 0.25) is 5.95 Å². The summed E-state index contributed by atoms with van der Waals surface area (Å²) in [6, 6.07) is 0. The minimum absolute atomic E-state index is 0.606. The molecule has 4 aliphatic rings. The standard InChI is InChI=1S/C15H23N5/c1-20-14(18-19-15(20)17-16)3-2-13-11-5-9-4-10(7-11)8-12(13)6-9/h2-3,9-13H,4-8,16H2,1H3,(H,17,19)/b3-2+. The molecule has 5 heteroatoms. The van der Waals surface area contributed by atoms with E-state index in [1.54, 1.807) is 0 Å². The van der Waals surface area contributed by atoms with Crippen molar-refractivity contribution in [3.63, 3.8) is 0 Å². The van der Waals surface area contributed by atoms with Gasteiger partial charge in [-0.25, -0.2) is 5.84 Å². The summed E-state index contributed by atoms with van der Waals surface area (Å²) in [4.78, 5) is 0. The zero-order chi connectivity index (χ0) is 13.7. The second-order valence-electron chi connectivity index (χ2n) is 6.95. The molecule has 1 heterocycles. The van der Waals surface area contributed by atoms with Gasteiger partial charge in [0.25, 0.3) is 0 Å². The molecule has 5 rings (SSSR count). The molecule has 0 radical (unpaired) electrons. The number of allylic oxidation sites excluding steroid dienone is 1. The Balaban J connectivity index is 1.54. The molecule has 3 N–H and O–H groups in total. The number of hydrazine groups is 1. The Bertz CT molecular complexity index is 504. The maximum atomic E-state index is 5.40. The minimum atomic E-state index is 0.606. The SMILES string of the molecule is Cn1c(/C=C/C2C3CC4CC(C3)CC2C4)nnc1NN. The van der Waals surface area contributed by atoms with Crippen molar-refractivity contribution >= 4 is 12.0 Å². The molecular weight excluding hydrogens is 250 g/mol. The predicted molar refractivity (Wildman–Crippen MR) is 78.4 cm³/mol. The molecule has 0 aliphatic heterocycles. The van der Waals surface area contributed by atoms with Gasteiger partial charge in [-0.15, -0.1) is 10.2 Å². The summed E-state index contributed by atoms with van der Waals surface area (Å²) in [7, 11) is 1.94. The third kappa shape index (κ3) is 1.87. The van der Waals surface area contributed by atoms with Crippen LogP contribution in [0.1, 0.15) is 37.9 Å². The van der Waals surface area contributed by atoms with Crippen LogP contribution in [-0.2, 0) is 7.05 Å². The molecule has 20 heavy (non-hydrogen) atoms. The van der Waals surface area contributed by atoms with Gasteiger partial charge in [-0.05, 0) is 67.8 Å². The molecular formula is C15H23N5. The van der Waals surface area contributed by atoms with Gasteiger partial charge in [-0.1, -0.05) is 6.08 Å². The highest BCUT2D eigenvalue weighted by Gasteiger charge is 2.47. The summed E-state index contributed by atoms with van der Waals surface area (Å²) < 4.78 is 1.90. The fourth-order valence-corrected chi connectivity index (χ4v) is 5.09. The van der Waals surface area contributed by atoms with Crippen LogP contribution in [0, 0.1) is 29.6 Å². The number of rotatable bonds is 3. The zero-order valence-corrected chi connectivity index (χ0v) is 12.0. The molecule has 4 fully saturated rings. The smallest absolute Gasteiger partial charge is 0.238 e. The van der Waals surface area contributed by atoms with Crippen molar-refractivity contribution in [2.24, 2.45) is 42.5 Å². The minimum Gasteiger partial charge on any atom is -0.296 e. The molecule has 108 valence electrons. The van der Waals surface area contributed by atoms with Crippen LogP contribution >= 0.6 is 0 Å². The van der Waals surface area contributed by atoms with E-state index in [0.717, 1.165) is 35.4 Å². The number of aromatic nitrogens is 3. The third-order valence-corrected chi connectivity index (χ3v) is 5.80. The first-order valence-electron chi connectivity index (χ1n) is 7.78. The van der Waals surface area contributed by atoms with E-state index in [9.17, 15) is 0 Å². The Morgan fingerprint density at radius 2 is 1.75 bits per heavy atom. The third-order valence-electron chi connectivity index (χ3n) is 5.80. The molecule has 4 aliphatic carbocycles. The van der Waals surface area contributed by atoms with Crippen LogP contribution in [-0.4, -0.2) is 14.8 Å². The normalized spacial score (nSPS) is 38.8. The van der Waals surface area contributed by atoms with Crippen molar-refractivity contribution in [2.45, 2.75) is 32.1 Å². The lowest BCUT2D eigenvalue weighted by Gasteiger charge is -2.53. The van der Waals surface area contributed by atoms with Crippen LogP contribution in [0.3, 0.4) is 0 Å². The van der Waals surface area contributed by atoms with Crippen molar-refractivity contribution in [1.82, 2.24) is 14.8 Å². The van der Waals surface area contributed by atoms with Gasteiger partial charge in [-0.2, -0.15) is 0 Å². The van der Waals surface area contributed by atoms with E-state index in [1.807, 2.05) is 11.6 Å². The highest BCUT2D eigenvalue weighted by Crippen LogP contribution is 2.56. The molecule has 0 aromatic carbocycles. The molecule has 1 aromatic heterocycles. The number of anilines is 1. The molecule has 0 saturated heterocycles. The predicted octanol–water partition coefficient (Wildman–Crippen LogP) is 2.19. The largest absolute Gasteiger partial charge is 0.296 e. The summed E-state index contributed by atoms with van der Waals surface area (Å²) in [6.45, 7) is 0. The van der Waals surface area contributed by atoms with Gasteiger partial charge >= 0.3 is 0 Å². The van der Waals surface area contributed by atoms with E-state index in [2.05, 4.69) is 27.8 Å². The second-order valence-corrected chi connectivity index (χ2v) is 6.95. The van der Waals surface area contributed by atoms with Crippen LogP contribution in [0.25, 0.3) is 6.08 Å². The molecule has 0 atom stereocenters. The summed E-state index contributed by atoms with van der Waals surface area (Å²) in [6.07, 6.45) is 11.9. The molecule has 1 aromatic rings. The lowest BCUT2D eigenvalue weighted by Crippen LogP contribution is -2.44. The second kappa shape index (κ2) is 4.58. The van der Waals surface area contributed by atoms with Crippen molar-refractivity contribution in [1.29, 1.82) is 0 Å². The quantitative estimate of drug-likeness (QED) is 0.654. The topological polar surface area (TPSA) is 68.8 Å². The van der Waals surface area contributed by atoms with E-state index in [1.165, 1.54) is 32.1 Å². The summed E-state index contributed by atoms with van der Waals surface area (Å²) >= 11 is 0. The Kier molecular flexibility index (Phi) is 2.84. The van der Waals surface area contributed by atoms with E-state index in [-0.39, 0.29) is 0 Å². The first-order valence-corrected chi connectivity index (χ1v) is 7.78. The summed E-state index contributed by atoms with van der Waals surface area (Å²) in [5.74, 6) is 11.5. The van der Waals surface area contributed by atoms with Gasteiger partial charge in [0.05, 0.1) is 0 Å². The van der Waals surface area contributed by atoms with Gasteiger partial charge in [0.1, 0.15) is 0 Å². The molecule has 4 saturated carbocycles. The summed E-state index contributed by atoms with van der Waals surface area (Å²) in [5, 5.41) is 8.19. The van der Waals surface area contributed by atoms with Crippen LogP contribution in [0.4, 0.5) is 5.95 Å². The molecule has 0 amide bonds. The first kappa shape index (κ1) is 12.4. The van der Waals surface area contributed by atoms with Gasteiger partial charge in [0.15, 0.2) is 5.82 Å². The number of hydrogen-bond donors (Lipinski definition) is 2. The Hall–Kier alpha value is -1.36. The molecule has 0 spiro atoms. The average molecular weight is 273 g/mol. The van der Waals surface area contributed by atoms with Gasteiger partial charge in [0, 0.05) is 7.05 Å². The lowest BCUT2D eigenvalue weighted by molar-refractivity contribution is -0.0158. The monoisotopic (exact) mass is 273 g/mol. The lowest BCUT2D eigenvalue weighted by atomic mass is 9.52. The fraction of sp³-hybridized carbons (Fsp3) is 0.733. The molecule has 0 unspecified atom stereocenters. The number of nitrogens with two attached hydrogens (primary N) is 1. The Morgan fingerprint density at radius 3 is 2.30 bits per heavy atom. The highest BCUT2D eigenvalue weighted by molar-refractivity contribution is 5.44. The van der Waals surface area contributed by atoms with E-state index >= 15 is 0 Å². The van der Waals surface area contributed by atoms with Crippen molar-refractivity contribution < 1.29 is 0 Å². The number of hydrogen-bond acceptors (Lipinski definition) is 4. The van der Waals surface area contributed by atoms with Crippen LogP contribution in [0.15, 0.2) is 6.08 Å².